The summed E-state index contributed by atoms with van der Waals surface area (Å²) < 4.78 is 13.0. The van der Waals surface area contributed by atoms with E-state index in [0.29, 0.717) is 28.8 Å². The molecule has 6 heteroatoms. The molecule has 48 heavy (non-hydrogen) atoms. The number of benzene rings is 6. The molecule has 6 aromatic carbocycles. The lowest BCUT2D eigenvalue weighted by molar-refractivity contribution is 0.656. The minimum Gasteiger partial charge on any atom is -0.455 e. The van der Waals surface area contributed by atoms with Crippen molar-refractivity contribution in [2.45, 2.75) is 0 Å². The summed E-state index contributed by atoms with van der Waals surface area (Å²) in [5.74, 6) is 1.73. The molecule has 0 bridgehead atoms. The highest BCUT2D eigenvalue weighted by atomic mass is 16.3. The normalized spacial score (nSPS) is 11.8. The lowest BCUT2D eigenvalue weighted by Crippen LogP contribution is -2.00. The summed E-state index contributed by atoms with van der Waals surface area (Å²) in [5, 5.41) is 4.96. The first-order chi connectivity index (χ1) is 23.8. The van der Waals surface area contributed by atoms with Crippen molar-refractivity contribution in [1.29, 1.82) is 0 Å². The molecule has 0 atom stereocenters. The molecular formula is C42H24N4O2. The Morgan fingerprint density at radius 2 is 1.06 bits per heavy atom. The molecule has 224 valence electrons. The van der Waals surface area contributed by atoms with E-state index in [1.54, 1.807) is 0 Å². The van der Waals surface area contributed by atoms with Gasteiger partial charge in [0.05, 0.1) is 5.52 Å². The molecule has 0 aliphatic rings. The Morgan fingerprint density at radius 3 is 1.85 bits per heavy atom. The van der Waals surface area contributed by atoms with Gasteiger partial charge in [-0.1, -0.05) is 115 Å². The van der Waals surface area contributed by atoms with E-state index in [9.17, 15) is 0 Å². The van der Waals surface area contributed by atoms with Crippen LogP contribution in [0.2, 0.25) is 0 Å². The Labute approximate surface area is 274 Å². The number of pyridine rings is 1. The largest absolute Gasteiger partial charge is 0.455 e. The van der Waals surface area contributed by atoms with Crippen molar-refractivity contribution in [1.82, 2.24) is 19.9 Å². The topological polar surface area (TPSA) is 77.8 Å². The predicted octanol–water partition coefficient (Wildman–Crippen LogP) is 10.9. The summed E-state index contributed by atoms with van der Waals surface area (Å²) in [7, 11) is 0. The summed E-state index contributed by atoms with van der Waals surface area (Å²) in [5.41, 5.74) is 8.29. The molecule has 0 aliphatic carbocycles. The monoisotopic (exact) mass is 616 g/mol. The smallest absolute Gasteiger partial charge is 0.227 e. The van der Waals surface area contributed by atoms with Crippen molar-refractivity contribution in [3.05, 3.63) is 146 Å². The third-order valence-electron chi connectivity index (χ3n) is 8.92. The van der Waals surface area contributed by atoms with Gasteiger partial charge < -0.3 is 8.83 Å². The molecule has 0 unspecified atom stereocenters. The van der Waals surface area contributed by atoms with Gasteiger partial charge in [0.2, 0.25) is 5.71 Å². The standard InChI is InChI=1S/C42H24N4O2/c1-3-12-25(13-4-1)39-44-40(26-14-5-2-6-15-26)46-41(45-39)32-23-28(29-18-11-19-31-30-17-8-10-21-35(30)47-38(29)31)24-36-37(32)33-22-27-16-7-9-20-34(27)43-42(33)48-36/h1-24H. The van der Waals surface area contributed by atoms with E-state index >= 15 is 0 Å². The molecule has 0 N–H and O–H groups in total. The molecule has 0 amide bonds. The van der Waals surface area contributed by atoms with Crippen molar-refractivity contribution in [2.75, 3.05) is 0 Å². The molecular weight excluding hydrogens is 592 g/mol. The van der Waals surface area contributed by atoms with E-state index in [2.05, 4.69) is 48.5 Å². The van der Waals surface area contributed by atoms with Crippen molar-refractivity contribution >= 4 is 54.9 Å². The van der Waals surface area contributed by atoms with E-state index < -0.39 is 0 Å². The number of para-hydroxylation sites is 3. The van der Waals surface area contributed by atoms with E-state index in [1.807, 2.05) is 97.1 Å². The second-order valence-corrected chi connectivity index (χ2v) is 11.9. The van der Waals surface area contributed by atoms with Gasteiger partial charge in [0, 0.05) is 49.2 Å². The van der Waals surface area contributed by atoms with Crippen LogP contribution in [0.15, 0.2) is 154 Å². The number of hydrogen-bond donors (Lipinski definition) is 0. The highest BCUT2D eigenvalue weighted by Crippen LogP contribution is 2.42. The van der Waals surface area contributed by atoms with Crippen LogP contribution in [0.4, 0.5) is 0 Å². The molecule has 4 heterocycles. The van der Waals surface area contributed by atoms with Crippen LogP contribution in [-0.4, -0.2) is 19.9 Å². The van der Waals surface area contributed by atoms with Gasteiger partial charge in [-0.25, -0.2) is 19.9 Å². The minimum absolute atomic E-state index is 0.544. The first-order valence-corrected chi connectivity index (χ1v) is 15.8. The number of aromatic nitrogens is 4. The maximum absolute atomic E-state index is 6.57. The summed E-state index contributed by atoms with van der Waals surface area (Å²) in [6.45, 7) is 0. The van der Waals surface area contributed by atoms with E-state index in [1.165, 1.54) is 0 Å². The average Bonchev–Trinajstić information content (AvgIpc) is 3.72. The summed E-state index contributed by atoms with van der Waals surface area (Å²) in [6, 6.07) is 48.9. The average molecular weight is 617 g/mol. The zero-order valence-corrected chi connectivity index (χ0v) is 25.5. The molecule has 4 aromatic heterocycles. The predicted molar refractivity (Wildman–Crippen MR) is 191 cm³/mol. The van der Waals surface area contributed by atoms with Crippen molar-refractivity contribution in [3.63, 3.8) is 0 Å². The minimum atomic E-state index is 0.544. The van der Waals surface area contributed by atoms with Crippen molar-refractivity contribution < 1.29 is 8.83 Å². The summed E-state index contributed by atoms with van der Waals surface area (Å²) in [4.78, 5) is 20.1. The first kappa shape index (κ1) is 26.5. The van der Waals surface area contributed by atoms with Crippen molar-refractivity contribution in [2.24, 2.45) is 0 Å². The third-order valence-corrected chi connectivity index (χ3v) is 8.92. The zero-order valence-electron chi connectivity index (χ0n) is 25.5. The molecule has 0 saturated carbocycles. The maximum Gasteiger partial charge on any atom is 0.227 e. The van der Waals surface area contributed by atoms with E-state index in [4.69, 9.17) is 28.8 Å². The number of rotatable bonds is 4. The fourth-order valence-electron chi connectivity index (χ4n) is 6.67. The molecule has 0 saturated heterocycles. The van der Waals surface area contributed by atoms with Gasteiger partial charge in [-0.2, -0.15) is 0 Å². The number of hydrogen-bond acceptors (Lipinski definition) is 6. The molecule has 10 rings (SSSR count). The number of fused-ring (bicyclic) bond motifs is 7. The summed E-state index contributed by atoms with van der Waals surface area (Å²) in [6.07, 6.45) is 0. The molecule has 0 spiro atoms. The van der Waals surface area contributed by atoms with Gasteiger partial charge in [0.25, 0.3) is 0 Å². The molecule has 10 aromatic rings. The highest BCUT2D eigenvalue weighted by molar-refractivity contribution is 6.16. The van der Waals surface area contributed by atoms with Crippen LogP contribution in [0, 0.1) is 0 Å². The van der Waals surface area contributed by atoms with Crippen LogP contribution in [0.3, 0.4) is 0 Å². The van der Waals surface area contributed by atoms with Crippen LogP contribution in [-0.2, 0) is 0 Å². The number of nitrogens with zero attached hydrogens (tertiary/aromatic N) is 4. The summed E-state index contributed by atoms with van der Waals surface area (Å²) >= 11 is 0. The SMILES string of the molecule is c1ccc(-c2nc(-c3ccccc3)nc(-c3cc(-c4cccc5c4oc4ccccc45)cc4oc5nc6ccccc6cc5c34)n2)cc1. The third kappa shape index (κ3) is 4.20. The quantitative estimate of drug-likeness (QED) is 0.196. The Morgan fingerprint density at radius 1 is 0.396 bits per heavy atom. The van der Waals surface area contributed by atoms with E-state index in [0.717, 1.165) is 71.4 Å². The van der Waals surface area contributed by atoms with Gasteiger partial charge in [-0.15, -0.1) is 0 Å². The second-order valence-electron chi connectivity index (χ2n) is 11.9. The van der Waals surface area contributed by atoms with Crippen LogP contribution in [0.25, 0.3) is 100 Å². The molecule has 0 fully saturated rings. The number of furan rings is 2. The maximum atomic E-state index is 6.57. The van der Waals surface area contributed by atoms with Gasteiger partial charge >= 0.3 is 0 Å². The van der Waals surface area contributed by atoms with Crippen LogP contribution in [0.1, 0.15) is 0 Å². The second kappa shape index (κ2) is 10.4. The van der Waals surface area contributed by atoms with Crippen LogP contribution < -0.4 is 0 Å². The van der Waals surface area contributed by atoms with Crippen LogP contribution >= 0.6 is 0 Å². The Hall–Kier alpha value is -6.66. The lowest BCUT2D eigenvalue weighted by atomic mass is 9.96. The first-order valence-electron chi connectivity index (χ1n) is 15.8. The van der Waals surface area contributed by atoms with Gasteiger partial charge in [0.1, 0.15) is 16.7 Å². The fraction of sp³-hybridized carbons (Fsp3) is 0. The highest BCUT2D eigenvalue weighted by Gasteiger charge is 2.22. The Bertz CT molecular complexity index is 2780. The fourth-order valence-corrected chi connectivity index (χ4v) is 6.67. The Balaban J connectivity index is 1.31. The lowest BCUT2D eigenvalue weighted by Gasteiger charge is -2.11. The van der Waals surface area contributed by atoms with E-state index in [-0.39, 0.29) is 0 Å². The molecule has 0 radical (unpaired) electrons. The van der Waals surface area contributed by atoms with Gasteiger partial charge in [-0.05, 0) is 35.9 Å². The van der Waals surface area contributed by atoms with Crippen molar-refractivity contribution in [3.8, 4) is 45.3 Å². The molecule has 0 aliphatic heterocycles. The Kier molecular flexibility index (Phi) is 5.77. The molecule has 6 nitrogen and oxygen atoms in total. The van der Waals surface area contributed by atoms with Gasteiger partial charge in [0.15, 0.2) is 17.5 Å². The van der Waals surface area contributed by atoms with Crippen LogP contribution in [0.5, 0.6) is 0 Å². The zero-order chi connectivity index (χ0) is 31.6. The van der Waals surface area contributed by atoms with Gasteiger partial charge in [-0.3, -0.25) is 0 Å².